The summed E-state index contributed by atoms with van der Waals surface area (Å²) in [6, 6.07) is 17.3. The molecule has 0 aliphatic heterocycles. The van der Waals surface area contributed by atoms with E-state index in [9.17, 15) is 14.7 Å². The highest BCUT2D eigenvalue weighted by Crippen LogP contribution is 2.40. The second-order valence-corrected chi connectivity index (χ2v) is 6.91. The Hall–Kier alpha value is -3.08. The molecule has 5 heteroatoms. The van der Waals surface area contributed by atoms with Crippen LogP contribution < -0.4 is 5.32 Å². The summed E-state index contributed by atoms with van der Waals surface area (Å²) in [5.41, 5.74) is 1.92. The van der Waals surface area contributed by atoms with Crippen molar-refractivity contribution in [2.45, 2.75) is 25.8 Å². The summed E-state index contributed by atoms with van der Waals surface area (Å²) >= 11 is 0. The van der Waals surface area contributed by atoms with Crippen molar-refractivity contribution in [3.05, 3.63) is 71.5 Å². The molecule has 2 aromatic carbocycles. The first-order valence-corrected chi connectivity index (χ1v) is 8.60. The van der Waals surface area contributed by atoms with Gasteiger partial charge in [-0.05, 0) is 36.1 Å². The molecule has 26 heavy (non-hydrogen) atoms. The number of para-hydroxylation sites is 1. The summed E-state index contributed by atoms with van der Waals surface area (Å²) in [4.78, 5) is 24.4. The fourth-order valence-electron chi connectivity index (χ4n) is 3.83. The van der Waals surface area contributed by atoms with Gasteiger partial charge in [0.15, 0.2) is 0 Å². The Balaban J connectivity index is 1.53. The van der Waals surface area contributed by atoms with Gasteiger partial charge in [-0.25, -0.2) is 0 Å². The first-order valence-electron chi connectivity index (χ1n) is 8.60. The lowest BCUT2D eigenvalue weighted by molar-refractivity contribution is -0.145. The summed E-state index contributed by atoms with van der Waals surface area (Å²) in [6.45, 7) is 0.241. The fraction of sp³-hybridized carbons (Fsp3) is 0.238. The number of carboxylic acids is 1. The number of benzene rings is 2. The van der Waals surface area contributed by atoms with Crippen molar-refractivity contribution in [1.82, 2.24) is 5.32 Å². The molecule has 5 nitrogen and oxygen atoms in total. The molecule has 3 aromatic rings. The molecule has 1 aliphatic rings. The lowest BCUT2D eigenvalue weighted by Gasteiger charge is -2.25. The maximum absolute atomic E-state index is 12.9. The normalized spacial score (nSPS) is 14.9. The second kappa shape index (κ2) is 6.33. The van der Waals surface area contributed by atoms with E-state index < -0.39 is 11.4 Å². The number of carboxylic acid groups (broad SMARTS) is 1. The van der Waals surface area contributed by atoms with Crippen LogP contribution in [0.1, 0.15) is 23.3 Å². The zero-order valence-corrected chi connectivity index (χ0v) is 14.2. The highest BCUT2D eigenvalue weighted by Gasteiger charge is 2.45. The molecule has 1 heterocycles. The average molecular weight is 349 g/mol. The Kier molecular flexibility index (Phi) is 3.99. The van der Waals surface area contributed by atoms with Crippen LogP contribution in [-0.4, -0.2) is 17.0 Å². The molecule has 1 aromatic heterocycles. The number of fused-ring (bicyclic) bond motifs is 2. The average Bonchev–Trinajstić information content (AvgIpc) is 3.19. The number of rotatable bonds is 5. The molecule has 1 amide bonds. The number of aliphatic carboxylic acids is 1. The van der Waals surface area contributed by atoms with Crippen LogP contribution in [0.2, 0.25) is 0 Å². The number of amides is 1. The first-order chi connectivity index (χ1) is 12.6. The molecule has 0 spiro atoms. The van der Waals surface area contributed by atoms with Gasteiger partial charge in [0.2, 0.25) is 5.91 Å². The summed E-state index contributed by atoms with van der Waals surface area (Å²) in [5.74, 6) is -0.547. The molecule has 0 fully saturated rings. The van der Waals surface area contributed by atoms with Gasteiger partial charge in [0.25, 0.3) is 0 Å². The molecule has 2 N–H and O–H groups in total. The Bertz CT molecular complexity index is 930. The zero-order valence-electron chi connectivity index (χ0n) is 14.2. The summed E-state index contributed by atoms with van der Waals surface area (Å²) in [5, 5.41) is 13.2. The van der Waals surface area contributed by atoms with Crippen molar-refractivity contribution < 1.29 is 19.1 Å². The van der Waals surface area contributed by atoms with Crippen LogP contribution in [0.3, 0.4) is 0 Å². The van der Waals surface area contributed by atoms with Gasteiger partial charge < -0.3 is 14.8 Å². The minimum atomic E-state index is -0.961. The molecule has 0 saturated carbocycles. The number of nitrogens with one attached hydrogen (secondary N) is 1. The van der Waals surface area contributed by atoms with Gasteiger partial charge in [0.05, 0.1) is 18.4 Å². The highest BCUT2D eigenvalue weighted by molar-refractivity contribution is 5.88. The zero-order chi connectivity index (χ0) is 18.1. The van der Waals surface area contributed by atoms with Crippen LogP contribution in [-0.2, 0) is 29.0 Å². The number of carbonyl (C=O) groups excluding carboxylic acids is 1. The van der Waals surface area contributed by atoms with Crippen molar-refractivity contribution in [2.24, 2.45) is 5.41 Å². The summed E-state index contributed by atoms with van der Waals surface area (Å²) in [7, 11) is 0. The minimum absolute atomic E-state index is 0.187. The van der Waals surface area contributed by atoms with Gasteiger partial charge in [-0.1, -0.05) is 42.5 Å². The van der Waals surface area contributed by atoms with E-state index in [0.29, 0.717) is 18.6 Å². The largest absolute Gasteiger partial charge is 0.481 e. The number of hydrogen-bond donors (Lipinski definition) is 2. The van der Waals surface area contributed by atoms with E-state index >= 15 is 0 Å². The predicted molar refractivity (Wildman–Crippen MR) is 96.6 cm³/mol. The first kappa shape index (κ1) is 16.4. The second-order valence-electron chi connectivity index (χ2n) is 6.91. The van der Waals surface area contributed by atoms with E-state index in [2.05, 4.69) is 5.32 Å². The third-order valence-corrected chi connectivity index (χ3v) is 5.05. The van der Waals surface area contributed by atoms with E-state index in [1.54, 1.807) is 0 Å². The van der Waals surface area contributed by atoms with Gasteiger partial charge in [-0.15, -0.1) is 0 Å². The monoisotopic (exact) mass is 349 g/mol. The molecule has 0 unspecified atom stereocenters. The summed E-state index contributed by atoms with van der Waals surface area (Å²) in [6.07, 6.45) is 0.705. The van der Waals surface area contributed by atoms with E-state index in [0.717, 1.165) is 22.1 Å². The van der Waals surface area contributed by atoms with Crippen LogP contribution in [0.15, 0.2) is 59.0 Å². The van der Waals surface area contributed by atoms with E-state index in [1.165, 1.54) is 0 Å². The van der Waals surface area contributed by atoms with Crippen molar-refractivity contribution in [3.63, 3.8) is 0 Å². The number of carbonyl (C=O) groups is 2. The lowest BCUT2D eigenvalue weighted by Crippen LogP contribution is -2.43. The molecule has 1 aliphatic carbocycles. The Morgan fingerprint density at radius 1 is 1.04 bits per heavy atom. The van der Waals surface area contributed by atoms with Gasteiger partial charge >= 0.3 is 5.97 Å². The van der Waals surface area contributed by atoms with Crippen LogP contribution in [0.25, 0.3) is 11.0 Å². The quantitative estimate of drug-likeness (QED) is 0.741. The van der Waals surface area contributed by atoms with Gasteiger partial charge in [-0.2, -0.15) is 0 Å². The molecular formula is C21H19NO4. The Labute approximate surface area is 150 Å². The van der Waals surface area contributed by atoms with E-state index in [1.807, 2.05) is 54.6 Å². The predicted octanol–water partition coefficient (Wildman–Crippen LogP) is 3.31. The smallest absolute Gasteiger partial charge is 0.304 e. The molecule has 0 atom stereocenters. The van der Waals surface area contributed by atoms with Crippen LogP contribution in [0.4, 0.5) is 0 Å². The summed E-state index contributed by atoms with van der Waals surface area (Å²) < 4.78 is 5.73. The molecule has 4 rings (SSSR count). The molecule has 0 bridgehead atoms. The lowest BCUT2D eigenvalue weighted by atomic mass is 9.80. The molecule has 0 saturated heterocycles. The van der Waals surface area contributed by atoms with Gasteiger partial charge in [-0.3, -0.25) is 9.59 Å². The minimum Gasteiger partial charge on any atom is -0.481 e. The maximum Gasteiger partial charge on any atom is 0.304 e. The third kappa shape index (κ3) is 2.96. The Morgan fingerprint density at radius 3 is 2.35 bits per heavy atom. The third-order valence-electron chi connectivity index (χ3n) is 5.05. The standard InChI is InChI=1S/C21H19NO4/c23-19(24)12-21(10-15-6-1-2-7-16(15)11-21)20(25)22-13-17-9-14-5-3-4-8-18(14)26-17/h1-9H,10-13H2,(H,22,25)(H,23,24). The van der Waals surface area contributed by atoms with Crippen LogP contribution in [0, 0.1) is 5.41 Å². The SMILES string of the molecule is O=C(O)CC1(C(=O)NCc2cc3ccccc3o2)Cc2ccccc2C1. The topological polar surface area (TPSA) is 79.5 Å². The number of furan rings is 1. The van der Waals surface area contributed by atoms with E-state index in [-0.39, 0.29) is 18.9 Å². The number of hydrogen-bond acceptors (Lipinski definition) is 3. The van der Waals surface area contributed by atoms with Crippen molar-refractivity contribution >= 4 is 22.8 Å². The van der Waals surface area contributed by atoms with Crippen LogP contribution in [0.5, 0.6) is 0 Å². The van der Waals surface area contributed by atoms with Crippen molar-refractivity contribution in [2.75, 3.05) is 0 Å². The Morgan fingerprint density at radius 2 is 1.69 bits per heavy atom. The molecule has 132 valence electrons. The van der Waals surface area contributed by atoms with Gasteiger partial charge in [0, 0.05) is 5.39 Å². The molecule has 0 radical (unpaired) electrons. The van der Waals surface area contributed by atoms with Crippen LogP contribution >= 0.6 is 0 Å². The van der Waals surface area contributed by atoms with Gasteiger partial charge in [0.1, 0.15) is 11.3 Å². The van der Waals surface area contributed by atoms with Crippen molar-refractivity contribution in [3.8, 4) is 0 Å². The highest BCUT2D eigenvalue weighted by atomic mass is 16.4. The molecular weight excluding hydrogens is 330 g/mol. The van der Waals surface area contributed by atoms with Crippen molar-refractivity contribution in [1.29, 1.82) is 0 Å². The fourth-order valence-corrected chi connectivity index (χ4v) is 3.83. The van der Waals surface area contributed by atoms with E-state index in [4.69, 9.17) is 4.42 Å². The maximum atomic E-state index is 12.9.